The summed E-state index contributed by atoms with van der Waals surface area (Å²) in [7, 11) is -3.61. The maximum Gasteiger partial charge on any atom is 0.292 e. The van der Waals surface area contributed by atoms with Gasteiger partial charge in [0.25, 0.3) is 5.91 Å². The van der Waals surface area contributed by atoms with Crippen LogP contribution in [0.15, 0.2) is 12.0 Å². The van der Waals surface area contributed by atoms with E-state index in [9.17, 15) is 13.2 Å². The number of likely N-dealkylation sites (tertiary alicyclic amines) is 1. The third kappa shape index (κ3) is 2.94. The van der Waals surface area contributed by atoms with E-state index in [2.05, 4.69) is 0 Å². The van der Waals surface area contributed by atoms with Gasteiger partial charge in [-0.15, -0.1) is 0 Å². The van der Waals surface area contributed by atoms with E-state index in [1.165, 1.54) is 11.2 Å². The van der Waals surface area contributed by atoms with Crippen LogP contribution in [0.5, 0.6) is 0 Å². The van der Waals surface area contributed by atoms with E-state index in [4.69, 9.17) is 14.6 Å². The lowest BCUT2D eigenvalue weighted by molar-refractivity contribution is -0.133. The first-order chi connectivity index (χ1) is 8.48. The average Bonchev–Trinajstić information content (AvgIpc) is 2.38. The quantitative estimate of drug-likeness (QED) is 0.708. The third-order valence-corrected chi connectivity index (χ3v) is 4.30. The molecule has 18 heavy (non-hydrogen) atoms. The summed E-state index contributed by atoms with van der Waals surface area (Å²) in [5.41, 5.74) is 0. The Balaban J connectivity index is 2.04. The summed E-state index contributed by atoms with van der Waals surface area (Å²) in [5, 5.41) is 4.42. The van der Waals surface area contributed by atoms with Crippen molar-refractivity contribution in [2.24, 2.45) is 5.14 Å². The molecule has 1 saturated heterocycles. The summed E-state index contributed by atoms with van der Waals surface area (Å²) in [6.07, 6.45) is 2.37. The topological polar surface area (TPSA) is 98.9 Å². The van der Waals surface area contributed by atoms with Crippen LogP contribution in [0.3, 0.4) is 0 Å². The Morgan fingerprint density at radius 1 is 1.44 bits per heavy atom. The van der Waals surface area contributed by atoms with Crippen molar-refractivity contribution in [2.45, 2.75) is 18.1 Å². The summed E-state index contributed by atoms with van der Waals surface area (Å²) in [6, 6.07) is 0. The van der Waals surface area contributed by atoms with E-state index in [1.807, 2.05) is 0 Å². The maximum absolute atomic E-state index is 12.0. The predicted molar refractivity (Wildman–Crippen MR) is 62.7 cm³/mol. The average molecular weight is 276 g/mol. The molecule has 0 bridgehead atoms. The highest BCUT2D eigenvalue weighted by molar-refractivity contribution is 7.89. The number of ether oxygens (including phenoxy) is 2. The Morgan fingerprint density at radius 2 is 2.22 bits per heavy atom. The molecule has 2 heterocycles. The molecule has 0 aromatic carbocycles. The van der Waals surface area contributed by atoms with Crippen molar-refractivity contribution in [1.29, 1.82) is 0 Å². The molecule has 2 aliphatic rings. The second kappa shape index (κ2) is 5.15. The van der Waals surface area contributed by atoms with Crippen LogP contribution in [0.25, 0.3) is 0 Å². The minimum atomic E-state index is -3.61. The van der Waals surface area contributed by atoms with Gasteiger partial charge in [-0.2, -0.15) is 0 Å². The summed E-state index contributed by atoms with van der Waals surface area (Å²) in [4.78, 5) is 13.5. The van der Waals surface area contributed by atoms with Gasteiger partial charge in [0.15, 0.2) is 0 Å². The predicted octanol–water partition coefficient (Wildman–Crippen LogP) is -0.846. The van der Waals surface area contributed by atoms with Crippen LogP contribution >= 0.6 is 0 Å². The Labute approximate surface area is 106 Å². The number of hydrogen-bond donors (Lipinski definition) is 1. The van der Waals surface area contributed by atoms with Crippen LogP contribution in [0, 0.1) is 0 Å². The maximum atomic E-state index is 12.0. The molecule has 1 amide bonds. The Morgan fingerprint density at radius 3 is 2.83 bits per heavy atom. The fraction of sp³-hybridized carbons (Fsp3) is 0.700. The highest BCUT2D eigenvalue weighted by Gasteiger charge is 2.32. The zero-order valence-electron chi connectivity index (χ0n) is 9.87. The zero-order chi connectivity index (χ0) is 13.2. The molecule has 7 nitrogen and oxygen atoms in total. The molecule has 0 saturated carbocycles. The van der Waals surface area contributed by atoms with Crippen molar-refractivity contribution < 1.29 is 22.7 Å². The molecule has 1 unspecified atom stereocenters. The third-order valence-electron chi connectivity index (χ3n) is 2.99. The van der Waals surface area contributed by atoms with Crippen LogP contribution < -0.4 is 5.14 Å². The number of nitrogens with two attached hydrogens (primary N) is 1. The van der Waals surface area contributed by atoms with Gasteiger partial charge >= 0.3 is 0 Å². The van der Waals surface area contributed by atoms with Crippen LogP contribution in [0.4, 0.5) is 0 Å². The molecule has 1 fully saturated rings. The Hall–Kier alpha value is -1.28. The first-order valence-corrected chi connectivity index (χ1v) is 7.35. The number of carbonyl (C=O) groups is 1. The van der Waals surface area contributed by atoms with Crippen molar-refractivity contribution >= 4 is 15.9 Å². The molecule has 2 N–H and O–H groups in total. The molecule has 2 rings (SSSR count). The number of piperidine rings is 1. The smallest absolute Gasteiger partial charge is 0.292 e. The molecule has 0 aliphatic carbocycles. The first-order valence-electron chi connectivity index (χ1n) is 5.74. The fourth-order valence-corrected chi connectivity index (χ4v) is 2.91. The van der Waals surface area contributed by atoms with Crippen LogP contribution in [-0.2, 0) is 24.3 Å². The molecule has 102 valence electrons. The van der Waals surface area contributed by atoms with E-state index in [0.717, 1.165) is 0 Å². The monoisotopic (exact) mass is 276 g/mol. The SMILES string of the molecule is NS(=O)(=O)C1CCCN(C(=O)C2=COCCO2)C1. The van der Waals surface area contributed by atoms with Gasteiger partial charge in [0.1, 0.15) is 19.5 Å². The summed E-state index contributed by atoms with van der Waals surface area (Å²) in [5.74, 6) is -0.223. The van der Waals surface area contributed by atoms with E-state index in [0.29, 0.717) is 32.6 Å². The zero-order valence-corrected chi connectivity index (χ0v) is 10.7. The largest absolute Gasteiger partial charge is 0.494 e. The number of primary sulfonamides is 1. The number of rotatable bonds is 2. The summed E-state index contributed by atoms with van der Waals surface area (Å²) >= 11 is 0. The van der Waals surface area contributed by atoms with Gasteiger partial charge in [-0.25, -0.2) is 13.6 Å². The van der Waals surface area contributed by atoms with Crippen LogP contribution in [0.2, 0.25) is 0 Å². The number of nitrogens with zero attached hydrogens (tertiary/aromatic N) is 1. The lowest BCUT2D eigenvalue weighted by Gasteiger charge is -2.32. The molecule has 0 radical (unpaired) electrons. The van der Waals surface area contributed by atoms with Gasteiger partial charge in [0.2, 0.25) is 15.8 Å². The molecular weight excluding hydrogens is 260 g/mol. The molecule has 0 spiro atoms. The van der Waals surface area contributed by atoms with Crippen molar-refractivity contribution in [1.82, 2.24) is 4.90 Å². The molecule has 0 aromatic heterocycles. The lowest BCUT2D eigenvalue weighted by atomic mass is 10.1. The molecule has 2 aliphatic heterocycles. The van der Waals surface area contributed by atoms with Crippen LogP contribution in [0.1, 0.15) is 12.8 Å². The van der Waals surface area contributed by atoms with Gasteiger partial charge in [-0.3, -0.25) is 4.79 Å². The van der Waals surface area contributed by atoms with Crippen molar-refractivity contribution in [3.8, 4) is 0 Å². The number of hydrogen-bond acceptors (Lipinski definition) is 5. The number of sulfonamides is 1. The van der Waals surface area contributed by atoms with Gasteiger partial charge in [0.05, 0.1) is 5.25 Å². The van der Waals surface area contributed by atoms with Crippen molar-refractivity contribution in [2.75, 3.05) is 26.3 Å². The van der Waals surface area contributed by atoms with E-state index in [1.54, 1.807) is 0 Å². The summed E-state index contributed by atoms with van der Waals surface area (Å²) < 4.78 is 32.8. The molecule has 0 aromatic rings. The Kier molecular flexibility index (Phi) is 3.76. The van der Waals surface area contributed by atoms with Gasteiger partial charge in [0, 0.05) is 13.1 Å². The first kappa shape index (κ1) is 13.2. The van der Waals surface area contributed by atoms with Gasteiger partial charge < -0.3 is 14.4 Å². The van der Waals surface area contributed by atoms with E-state index in [-0.39, 0.29) is 18.2 Å². The van der Waals surface area contributed by atoms with Gasteiger partial charge in [-0.05, 0) is 12.8 Å². The fourth-order valence-electron chi connectivity index (χ4n) is 2.03. The molecule has 8 heteroatoms. The number of carbonyl (C=O) groups excluding carboxylic acids is 1. The highest BCUT2D eigenvalue weighted by Crippen LogP contribution is 2.18. The van der Waals surface area contributed by atoms with Crippen molar-refractivity contribution in [3.63, 3.8) is 0 Å². The van der Waals surface area contributed by atoms with Crippen LogP contribution in [-0.4, -0.2) is 50.8 Å². The van der Waals surface area contributed by atoms with Gasteiger partial charge in [-0.1, -0.05) is 0 Å². The molecular formula is C10H16N2O5S. The number of amides is 1. The second-order valence-electron chi connectivity index (χ2n) is 4.31. The lowest BCUT2D eigenvalue weighted by Crippen LogP contribution is -2.47. The molecule has 1 atom stereocenters. The normalized spacial score (nSPS) is 24.8. The Bertz CT molecular complexity index is 459. The standard InChI is InChI=1S/C10H16N2O5S/c11-18(14,15)8-2-1-3-12(6-8)10(13)9-7-16-4-5-17-9/h7-8H,1-6H2,(H2,11,14,15). The van der Waals surface area contributed by atoms with E-state index < -0.39 is 15.3 Å². The minimum absolute atomic E-state index is 0.109. The minimum Gasteiger partial charge on any atom is -0.494 e. The van der Waals surface area contributed by atoms with Crippen molar-refractivity contribution in [3.05, 3.63) is 12.0 Å². The van der Waals surface area contributed by atoms with E-state index >= 15 is 0 Å². The highest BCUT2D eigenvalue weighted by atomic mass is 32.2. The summed E-state index contributed by atoms with van der Waals surface area (Å²) in [6.45, 7) is 1.35. The second-order valence-corrected chi connectivity index (χ2v) is 6.15.